The SMILES string of the molecule is Cc1cc2c(cnn2C2CCCCO2)c(-c2ncc3c(N4CCCC(C)(O)C4)nc(OCC45CCCN4CCC5)nc3c2F)c1C. The van der Waals surface area contributed by atoms with E-state index in [1.165, 1.54) is 0 Å². The van der Waals surface area contributed by atoms with Gasteiger partial charge in [-0.05, 0) is 109 Å². The minimum atomic E-state index is -0.873. The van der Waals surface area contributed by atoms with Crippen molar-refractivity contribution >= 4 is 27.6 Å². The van der Waals surface area contributed by atoms with E-state index in [0.29, 0.717) is 49.5 Å². The van der Waals surface area contributed by atoms with Gasteiger partial charge in [0.2, 0.25) is 0 Å². The van der Waals surface area contributed by atoms with Gasteiger partial charge in [0.15, 0.2) is 12.0 Å². The van der Waals surface area contributed by atoms with Crippen molar-refractivity contribution in [3.63, 3.8) is 0 Å². The quantitative estimate of drug-likeness (QED) is 0.281. The van der Waals surface area contributed by atoms with E-state index in [9.17, 15) is 5.11 Å². The summed E-state index contributed by atoms with van der Waals surface area (Å²) in [5.74, 6) is 0.0476. The maximum absolute atomic E-state index is 17.1. The zero-order valence-electron chi connectivity index (χ0n) is 27.2. The lowest BCUT2D eigenvalue weighted by molar-refractivity contribution is -0.0366. The van der Waals surface area contributed by atoms with Crippen molar-refractivity contribution in [2.24, 2.45) is 0 Å². The van der Waals surface area contributed by atoms with Crippen molar-refractivity contribution < 1.29 is 19.0 Å². The molecule has 0 amide bonds. The van der Waals surface area contributed by atoms with Gasteiger partial charge < -0.3 is 19.5 Å². The van der Waals surface area contributed by atoms with Gasteiger partial charge in [0.05, 0.1) is 28.2 Å². The Hall–Kier alpha value is -3.41. The molecule has 4 aliphatic rings. The number of aliphatic hydroxyl groups is 1. The fourth-order valence-electron chi connectivity index (χ4n) is 8.43. The van der Waals surface area contributed by atoms with Crippen molar-refractivity contribution in [1.29, 1.82) is 0 Å². The molecule has 4 saturated heterocycles. The highest BCUT2D eigenvalue weighted by atomic mass is 19.1. The number of pyridine rings is 1. The summed E-state index contributed by atoms with van der Waals surface area (Å²) in [6.07, 6.45) is 12.4. The normalized spacial score (nSPS) is 25.1. The van der Waals surface area contributed by atoms with Crippen molar-refractivity contribution in [2.75, 3.05) is 44.3 Å². The van der Waals surface area contributed by atoms with Crippen LogP contribution in [0.5, 0.6) is 6.01 Å². The average Bonchev–Trinajstić information content (AvgIpc) is 3.76. The second-order valence-corrected chi connectivity index (χ2v) is 14.3. The third-order valence-corrected chi connectivity index (χ3v) is 11.0. The molecule has 46 heavy (non-hydrogen) atoms. The van der Waals surface area contributed by atoms with Gasteiger partial charge in [-0.15, -0.1) is 0 Å². The van der Waals surface area contributed by atoms with E-state index in [4.69, 9.17) is 29.5 Å². The lowest BCUT2D eigenvalue weighted by atomic mass is 9.94. The van der Waals surface area contributed by atoms with Gasteiger partial charge in [0, 0.05) is 36.8 Å². The van der Waals surface area contributed by atoms with Crippen LogP contribution in [0.2, 0.25) is 0 Å². The van der Waals surface area contributed by atoms with Crippen LogP contribution >= 0.6 is 0 Å². The number of piperidine rings is 1. The Kier molecular flexibility index (Phi) is 7.41. The number of halogens is 1. The topological polar surface area (TPSA) is 102 Å². The summed E-state index contributed by atoms with van der Waals surface area (Å²) in [7, 11) is 0. The molecule has 11 heteroatoms. The fraction of sp³-hybridized carbons (Fsp3) is 0.600. The molecule has 8 rings (SSSR count). The molecule has 244 valence electrons. The number of fused-ring (bicyclic) bond motifs is 3. The zero-order chi connectivity index (χ0) is 31.6. The number of aromatic nitrogens is 5. The second-order valence-electron chi connectivity index (χ2n) is 14.3. The highest BCUT2D eigenvalue weighted by molar-refractivity contribution is 5.99. The molecule has 0 aliphatic carbocycles. The zero-order valence-corrected chi connectivity index (χ0v) is 27.2. The van der Waals surface area contributed by atoms with E-state index >= 15 is 4.39 Å². The van der Waals surface area contributed by atoms with Crippen molar-refractivity contribution in [1.82, 2.24) is 29.6 Å². The van der Waals surface area contributed by atoms with Gasteiger partial charge >= 0.3 is 6.01 Å². The molecule has 1 N–H and O–H groups in total. The Morgan fingerprint density at radius 1 is 1.02 bits per heavy atom. The first kappa shape index (κ1) is 30.0. The van der Waals surface area contributed by atoms with Crippen LogP contribution in [0.25, 0.3) is 33.1 Å². The predicted molar refractivity (Wildman–Crippen MR) is 175 cm³/mol. The monoisotopic (exact) mass is 629 g/mol. The van der Waals surface area contributed by atoms with Crippen LogP contribution in [-0.4, -0.2) is 85.3 Å². The molecule has 10 nitrogen and oxygen atoms in total. The molecule has 2 unspecified atom stereocenters. The third-order valence-electron chi connectivity index (χ3n) is 11.0. The first-order valence-corrected chi connectivity index (χ1v) is 17.0. The summed E-state index contributed by atoms with van der Waals surface area (Å²) in [6, 6.07) is 2.28. The summed E-state index contributed by atoms with van der Waals surface area (Å²) in [6.45, 7) is 10.4. The molecule has 4 fully saturated rings. The van der Waals surface area contributed by atoms with Crippen LogP contribution < -0.4 is 9.64 Å². The van der Waals surface area contributed by atoms with E-state index in [1.807, 2.05) is 36.5 Å². The van der Waals surface area contributed by atoms with E-state index in [1.54, 1.807) is 6.20 Å². The number of nitrogens with zero attached hydrogens (tertiary/aromatic N) is 7. The first-order chi connectivity index (χ1) is 22.2. The minimum absolute atomic E-state index is 0.00170. The smallest absolute Gasteiger partial charge is 0.319 e. The summed E-state index contributed by atoms with van der Waals surface area (Å²) in [4.78, 5) is 18.9. The molecule has 1 aromatic carbocycles. The van der Waals surface area contributed by atoms with Gasteiger partial charge in [-0.2, -0.15) is 15.1 Å². The summed E-state index contributed by atoms with van der Waals surface area (Å²) in [5.41, 5.74) is 3.14. The molecular weight excluding hydrogens is 585 g/mol. The van der Waals surface area contributed by atoms with Crippen LogP contribution in [0.15, 0.2) is 18.5 Å². The molecule has 0 saturated carbocycles. The Bertz CT molecular complexity index is 1790. The third kappa shape index (κ3) is 5.02. The maximum atomic E-state index is 17.1. The number of rotatable bonds is 6. The molecule has 4 aromatic rings. The number of anilines is 1. The molecule has 0 bridgehead atoms. The van der Waals surface area contributed by atoms with Gasteiger partial charge in [-0.25, -0.2) is 9.07 Å². The van der Waals surface area contributed by atoms with Gasteiger partial charge in [0.1, 0.15) is 23.6 Å². The van der Waals surface area contributed by atoms with Gasteiger partial charge in [-0.1, -0.05) is 0 Å². The van der Waals surface area contributed by atoms with E-state index < -0.39 is 11.4 Å². The van der Waals surface area contributed by atoms with E-state index in [2.05, 4.69) is 11.0 Å². The lowest BCUT2D eigenvalue weighted by Gasteiger charge is -2.38. The predicted octanol–water partition coefficient (Wildman–Crippen LogP) is 5.85. The maximum Gasteiger partial charge on any atom is 0.319 e. The average molecular weight is 630 g/mol. The fourth-order valence-corrected chi connectivity index (χ4v) is 8.43. The van der Waals surface area contributed by atoms with Gasteiger partial charge in [-0.3, -0.25) is 9.88 Å². The Morgan fingerprint density at radius 3 is 2.59 bits per heavy atom. The van der Waals surface area contributed by atoms with Crippen molar-refractivity contribution in [3.8, 4) is 17.3 Å². The number of hydrogen-bond acceptors (Lipinski definition) is 9. The largest absolute Gasteiger partial charge is 0.461 e. The van der Waals surface area contributed by atoms with Crippen molar-refractivity contribution in [2.45, 2.75) is 95.9 Å². The number of β-amino-alcohol motifs (C(OH)–C–C–N with tert-alkyl or cyclic N) is 1. The first-order valence-electron chi connectivity index (χ1n) is 17.0. The number of ether oxygens (including phenoxy) is 2. The highest BCUT2D eigenvalue weighted by Gasteiger charge is 2.45. The summed E-state index contributed by atoms with van der Waals surface area (Å²) < 4.78 is 31.5. The van der Waals surface area contributed by atoms with Crippen LogP contribution in [0.4, 0.5) is 10.2 Å². The summed E-state index contributed by atoms with van der Waals surface area (Å²) >= 11 is 0. The van der Waals surface area contributed by atoms with Crippen LogP contribution in [0, 0.1) is 19.7 Å². The molecule has 2 atom stereocenters. The van der Waals surface area contributed by atoms with E-state index in [0.717, 1.165) is 86.5 Å². The van der Waals surface area contributed by atoms with Crippen molar-refractivity contribution in [3.05, 3.63) is 35.4 Å². The number of benzene rings is 1. The molecule has 0 radical (unpaired) electrons. The Labute approximate surface area is 268 Å². The second kappa shape index (κ2) is 11.4. The molecule has 7 heterocycles. The Morgan fingerprint density at radius 2 is 1.83 bits per heavy atom. The Balaban J connectivity index is 1.25. The number of hydrogen-bond donors (Lipinski definition) is 1. The molecule has 4 aliphatic heterocycles. The summed E-state index contributed by atoms with van der Waals surface area (Å²) in [5, 5.41) is 17.1. The van der Waals surface area contributed by atoms with Crippen LogP contribution in [-0.2, 0) is 4.74 Å². The molecular formula is C35H44FN7O3. The van der Waals surface area contributed by atoms with E-state index in [-0.39, 0.29) is 29.0 Å². The minimum Gasteiger partial charge on any atom is -0.461 e. The molecule has 3 aromatic heterocycles. The molecule has 0 spiro atoms. The number of aryl methyl sites for hydroxylation is 1. The standard InChI is InChI=1S/C35H44FN7O3/c1-22-17-26-24(19-38-43(26)27-9-4-5-16-45-27)28(23(22)2)31-29(36)30-25(18-37-31)32(41-13-6-10-34(3,44)20-41)40-33(39-30)46-21-35-11-7-14-42(35)15-8-12-35/h17-19,27,44H,4-16,20-21H2,1-3H3. The van der Waals surface area contributed by atoms with Gasteiger partial charge in [0.25, 0.3) is 0 Å². The van der Waals surface area contributed by atoms with Crippen LogP contribution in [0.1, 0.15) is 82.1 Å². The lowest BCUT2D eigenvalue weighted by Crippen LogP contribution is -2.46. The van der Waals surface area contributed by atoms with Crippen LogP contribution in [0.3, 0.4) is 0 Å². The highest BCUT2D eigenvalue weighted by Crippen LogP contribution is 2.41.